The zero-order valence-corrected chi connectivity index (χ0v) is 21.9. The van der Waals surface area contributed by atoms with Crippen LogP contribution in [0.2, 0.25) is 5.02 Å². The van der Waals surface area contributed by atoms with E-state index >= 15 is 0 Å². The molecule has 4 rings (SSSR count). The summed E-state index contributed by atoms with van der Waals surface area (Å²) in [5, 5.41) is 12.3. The van der Waals surface area contributed by atoms with Gasteiger partial charge in [0.15, 0.2) is 5.78 Å². The number of anilines is 1. The van der Waals surface area contributed by atoms with Gasteiger partial charge in [-0.3, -0.25) is 19.0 Å². The monoisotopic (exact) mass is 544 g/mol. The highest BCUT2D eigenvalue weighted by molar-refractivity contribution is 6.31. The van der Waals surface area contributed by atoms with Crippen molar-refractivity contribution in [2.75, 3.05) is 12.4 Å². The first-order chi connectivity index (χ1) is 18.7. The molecular formula is C30H25ClN2O6. The molecule has 8 nitrogen and oxygen atoms in total. The van der Waals surface area contributed by atoms with E-state index in [1.165, 1.54) is 55.1 Å². The van der Waals surface area contributed by atoms with Gasteiger partial charge in [-0.2, -0.15) is 0 Å². The molecule has 0 fully saturated rings. The van der Waals surface area contributed by atoms with E-state index in [1.807, 2.05) is 30.3 Å². The zero-order chi connectivity index (χ0) is 28.1. The van der Waals surface area contributed by atoms with Crippen LogP contribution in [0.5, 0.6) is 5.75 Å². The number of carboxylic acids is 1. The van der Waals surface area contributed by atoms with Crippen LogP contribution in [-0.2, 0) is 11.2 Å². The Morgan fingerprint density at radius 2 is 1.67 bits per heavy atom. The number of nitrogens with one attached hydrogen (secondary N) is 1. The molecule has 0 radical (unpaired) electrons. The number of halogens is 1. The van der Waals surface area contributed by atoms with Crippen molar-refractivity contribution in [2.45, 2.75) is 19.4 Å². The van der Waals surface area contributed by atoms with Gasteiger partial charge in [0, 0.05) is 34.3 Å². The third-order valence-electron chi connectivity index (χ3n) is 6.22. The number of carbonyl (C=O) groups is 3. The Labute approximate surface area is 229 Å². The summed E-state index contributed by atoms with van der Waals surface area (Å²) in [5.74, 6) is -1.49. The third-order valence-corrected chi connectivity index (χ3v) is 6.46. The Morgan fingerprint density at radius 3 is 2.28 bits per heavy atom. The number of carbonyl (C=O) groups excluding carboxylic acids is 2. The summed E-state index contributed by atoms with van der Waals surface area (Å²) >= 11 is 6.20. The second-order valence-corrected chi connectivity index (χ2v) is 9.26. The van der Waals surface area contributed by atoms with Crippen molar-refractivity contribution in [1.29, 1.82) is 0 Å². The number of hydrogen-bond acceptors (Lipinski definition) is 5. The van der Waals surface area contributed by atoms with E-state index in [4.69, 9.17) is 21.4 Å². The van der Waals surface area contributed by atoms with E-state index < -0.39 is 23.5 Å². The number of methoxy groups -OCH3 is 1. The molecule has 9 heteroatoms. The average Bonchev–Trinajstić information content (AvgIpc) is 2.92. The number of Topliss-reactive ketones (excluding diaryl/α,β-unsaturated/α-hetero) is 1. The smallest absolute Gasteiger partial charge is 0.335 e. The van der Waals surface area contributed by atoms with Crippen molar-refractivity contribution < 1.29 is 24.2 Å². The molecule has 1 atom stereocenters. The lowest BCUT2D eigenvalue weighted by Gasteiger charge is -2.22. The molecule has 0 unspecified atom stereocenters. The molecule has 0 saturated heterocycles. The van der Waals surface area contributed by atoms with Gasteiger partial charge in [0.25, 0.3) is 5.56 Å². The molecule has 198 valence electrons. The topological polar surface area (TPSA) is 115 Å². The van der Waals surface area contributed by atoms with E-state index in [9.17, 15) is 19.2 Å². The Bertz CT molecular complexity index is 1600. The number of carboxylic acid groups (broad SMARTS) is 1. The number of rotatable bonds is 9. The summed E-state index contributed by atoms with van der Waals surface area (Å²) < 4.78 is 6.89. The number of nitrogens with zero attached hydrogens (tertiary/aromatic N) is 1. The first-order valence-electron chi connectivity index (χ1n) is 12.0. The number of aromatic carboxylic acids is 1. The van der Waals surface area contributed by atoms with E-state index in [0.717, 1.165) is 5.56 Å². The quantitative estimate of drug-likeness (QED) is 0.269. The Balaban J connectivity index is 1.79. The normalized spacial score (nSPS) is 11.5. The molecule has 4 aromatic rings. The standard InChI is InChI=1S/C30H25ClN2O6/c1-18(34)23-13-10-21(31)15-24(23)25-16-28(35)33(17-27(25)39-2)26(14-19-6-4-3-5-7-19)29(36)32-22-11-8-20(9-12-22)30(37)38/h3-13,15-17,26H,14H2,1-2H3,(H,32,36)(H,37,38)/t26-/m0/s1. The first kappa shape index (κ1) is 27.3. The Kier molecular flexibility index (Phi) is 8.27. The van der Waals surface area contributed by atoms with Crippen LogP contribution in [0.1, 0.15) is 39.2 Å². The van der Waals surface area contributed by atoms with Crippen molar-refractivity contribution in [1.82, 2.24) is 4.57 Å². The van der Waals surface area contributed by atoms with Crippen LogP contribution in [-0.4, -0.2) is 34.4 Å². The molecule has 1 heterocycles. The van der Waals surface area contributed by atoms with Gasteiger partial charge in [-0.05, 0) is 60.5 Å². The van der Waals surface area contributed by atoms with Gasteiger partial charge in [0.2, 0.25) is 5.91 Å². The second kappa shape index (κ2) is 11.8. The summed E-state index contributed by atoms with van der Waals surface area (Å²) in [6.07, 6.45) is 1.64. The number of aromatic nitrogens is 1. The maximum atomic E-state index is 13.5. The minimum atomic E-state index is -1.08. The van der Waals surface area contributed by atoms with Crippen LogP contribution in [0.4, 0.5) is 5.69 Å². The number of ether oxygens (including phenoxy) is 1. The van der Waals surface area contributed by atoms with E-state index in [-0.39, 0.29) is 23.5 Å². The van der Waals surface area contributed by atoms with Gasteiger partial charge < -0.3 is 15.2 Å². The molecule has 0 aliphatic carbocycles. The lowest BCUT2D eigenvalue weighted by Crippen LogP contribution is -2.34. The molecule has 1 amide bonds. The molecule has 0 spiro atoms. The van der Waals surface area contributed by atoms with Crippen molar-refractivity contribution in [3.8, 4) is 16.9 Å². The number of ketones is 1. The lowest BCUT2D eigenvalue weighted by molar-refractivity contribution is -0.119. The third kappa shape index (κ3) is 6.25. The summed E-state index contributed by atoms with van der Waals surface area (Å²) in [5.41, 5.74) is 1.98. The fraction of sp³-hybridized carbons (Fsp3) is 0.133. The second-order valence-electron chi connectivity index (χ2n) is 8.82. The van der Waals surface area contributed by atoms with Gasteiger partial charge in [0.05, 0.1) is 18.9 Å². The van der Waals surface area contributed by atoms with E-state index in [2.05, 4.69) is 5.32 Å². The predicted octanol–water partition coefficient (Wildman–Crippen LogP) is 5.50. The molecule has 0 aliphatic heterocycles. The maximum absolute atomic E-state index is 13.5. The minimum Gasteiger partial charge on any atom is -0.495 e. The van der Waals surface area contributed by atoms with Crippen LogP contribution in [0.25, 0.3) is 11.1 Å². The molecule has 39 heavy (non-hydrogen) atoms. The average molecular weight is 545 g/mol. The number of pyridine rings is 1. The van der Waals surface area contributed by atoms with Gasteiger partial charge >= 0.3 is 5.97 Å². The molecule has 0 saturated carbocycles. The van der Waals surface area contributed by atoms with Gasteiger partial charge in [-0.25, -0.2) is 4.79 Å². The largest absolute Gasteiger partial charge is 0.495 e. The van der Waals surface area contributed by atoms with Crippen molar-refractivity contribution >= 4 is 34.9 Å². The van der Waals surface area contributed by atoms with Crippen LogP contribution >= 0.6 is 11.6 Å². The Morgan fingerprint density at radius 1 is 0.974 bits per heavy atom. The highest BCUT2D eigenvalue weighted by Crippen LogP contribution is 2.34. The number of amides is 1. The number of hydrogen-bond donors (Lipinski definition) is 2. The lowest BCUT2D eigenvalue weighted by atomic mass is 9.97. The molecule has 0 bridgehead atoms. The predicted molar refractivity (Wildman–Crippen MR) is 149 cm³/mol. The molecule has 0 aliphatic rings. The van der Waals surface area contributed by atoms with Gasteiger partial charge in [-0.1, -0.05) is 41.9 Å². The van der Waals surface area contributed by atoms with Gasteiger partial charge in [0.1, 0.15) is 11.8 Å². The summed E-state index contributed by atoms with van der Waals surface area (Å²) in [6.45, 7) is 1.42. The summed E-state index contributed by atoms with van der Waals surface area (Å²) in [7, 11) is 1.43. The van der Waals surface area contributed by atoms with Gasteiger partial charge in [-0.15, -0.1) is 0 Å². The first-order valence-corrected chi connectivity index (χ1v) is 12.3. The van der Waals surface area contributed by atoms with Crippen molar-refractivity contribution in [3.05, 3.63) is 117 Å². The summed E-state index contributed by atoms with van der Waals surface area (Å²) in [6, 6.07) is 20.1. The highest BCUT2D eigenvalue weighted by Gasteiger charge is 2.25. The molecule has 2 N–H and O–H groups in total. The van der Waals surface area contributed by atoms with E-state index in [0.29, 0.717) is 27.4 Å². The van der Waals surface area contributed by atoms with Crippen LogP contribution < -0.4 is 15.6 Å². The SMILES string of the molecule is COc1cn([C@@H](Cc2ccccc2)C(=O)Nc2ccc(C(=O)O)cc2)c(=O)cc1-c1cc(Cl)ccc1C(C)=O. The Hall–Kier alpha value is -4.69. The van der Waals surface area contributed by atoms with E-state index in [1.54, 1.807) is 18.2 Å². The van der Waals surface area contributed by atoms with Crippen molar-refractivity contribution in [2.24, 2.45) is 0 Å². The van der Waals surface area contributed by atoms with Crippen molar-refractivity contribution in [3.63, 3.8) is 0 Å². The molecule has 3 aromatic carbocycles. The van der Waals surface area contributed by atoms with Crippen LogP contribution in [0, 0.1) is 0 Å². The maximum Gasteiger partial charge on any atom is 0.335 e. The fourth-order valence-corrected chi connectivity index (χ4v) is 4.44. The molecule has 1 aromatic heterocycles. The number of benzene rings is 3. The van der Waals surface area contributed by atoms with Crippen LogP contribution in [0.15, 0.2) is 89.9 Å². The highest BCUT2D eigenvalue weighted by atomic mass is 35.5. The molecular weight excluding hydrogens is 520 g/mol. The minimum absolute atomic E-state index is 0.0799. The van der Waals surface area contributed by atoms with Crippen LogP contribution in [0.3, 0.4) is 0 Å². The summed E-state index contributed by atoms with van der Waals surface area (Å²) in [4.78, 5) is 50.5. The fourth-order valence-electron chi connectivity index (χ4n) is 4.27. The zero-order valence-electron chi connectivity index (χ0n) is 21.2.